The van der Waals surface area contributed by atoms with Gasteiger partial charge < -0.3 is 5.32 Å². The van der Waals surface area contributed by atoms with Crippen LogP contribution in [0.1, 0.15) is 44.1 Å². The van der Waals surface area contributed by atoms with Crippen LogP contribution < -0.4 is 5.32 Å². The minimum absolute atomic E-state index is 0.0840. The third kappa shape index (κ3) is 4.01. The van der Waals surface area contributed by atoms with Crippen LogP contribution in [0.2, 0.25) is 5.02 Å². The van der Waals surface area contributed by atoms with Gasteiger partial charge in [0.25, 0.3) is 0 Å². The number of nitrogens with zero attached hydrogens (tertiary/aromatic N) is 1. The Morgan fingerprint density at radius 2 is 1.92 bits per heavy atom. The monoisotopic (exact) mass is 384 g/mol. The predicted molar refractivity (Wildman–Crippen MR) is 98.1 cm³/mol. The van der Waals surface area contributed by atoms with Crippen molar-refractivity contribution in [3.63, 3.8) is 0 Å². The first-order chi connectivity index (χ1) is 11.9. The number of carbonyl (C=O) groups is 1. The average molecular weight is 385 g/mol. The van der Waals surface area contributed by atoms with Crippen molar-refractivity contribution in [2.45, 2.75) is 56.4 Å². The van der Waals surface area contributed by atoms with Gasteiger partial charge >= 0.3 is 0 Å². The van der Waals surface area contributed by atoms with E-state index in [0.29, 0.717) is 23.7 Å². The summed E-state index contributed by atoms with van der Waals surface area (Å²) < 4.78 is 27.5. The van der Waals surface area contributed by atoms with Gasteiger partial charge in [0.05, 0.1) is 4.90 Å². The van der Waals surface area contributed by atoms with Gasteiger partial charge in [0.1, 0.15) is 0 Å². The molecule has 0 aromatic heterocycles. The van der Waals surface area contributed by atoms with Crippen LogP contribution in [0.25, 0.3) is 0 Å². The molecule has 25 heavy (non-hydrogen) atoms. The fourth-order valence-corrected chi connectivity index (χ4v) is 5.79. The number of amides is 1. The van der Waals surface area contributed by atoms with Crippen molar-refractivity contribution < 1.29 is 13.2 Å². The van der Waals surface area contributed by atoms with E-state index in [1.54, 1.807) is 25.1 Å². The molecule has 1 amide bonds. The quantitative estimate of drug-likeness (QED) is 0.867. The summed E-state index contributed by atoms with van der Waals surface area (Å²) in [5, 5.41) is 3.52. The summed E-state index contributed by atoms with van der Waals surface area (Å²) in [5.41, 5.74) is 0.571. The van der Waals surface area contributed by atoms with Crippen LogP contribution in [0.15, 0.2) is 23.1 Å². The topological polar surface area (TPSA) is 66.5 Å². The van der Waals surface area contributed by atoms with Crippen molar-refractivity contribution in [3.05, 3.63) is 28.8 Å². The van der Waals surface area contributed by atoms with Gasteiger partial charge in [-0.2, -0.15) is 4.31 Å². The number of hydrogen-bond acceptors (Lipinski definition) is 3. The number of carbonyl (C=O) groups excluding carboxylic acids is 1. The summed E-state index contributed by atoms with van der Waals surface area (Å²) in [6.07, 6.45) is 5.67. The minimum Gasteiger partial charge on any atom is -0.352 e. The van der Waals surface area contributed by atoms with E-state index in [0.717, 1.165) is 38.5 Å². The largest absolute Gasteiger partial charge is 0.352 e. The van der Waals surface area contributed by atoms with Crippen LogP contribution in [-0.4, -0.2) is 37.8 Å². The Morgan fingerprint density at radius 3 is 2.64 bits per heavy atom. The van der Waals surface area contributed by atoms with Crippen molar-refractivity contribution in [1.82, 2.24) is 9.62 Å². The molecule has 138 valence electrons. The van der Waals surface area contributed by atoms with Gasteiger partial charge in [-0.3, -0.25) is 4.79 Å². The standard InChI is InChI=1S/C18H25ClN2O3S/c1-13-16(19)9-4-10-17(13)25(23,24)21-11-5-8-15(12-21)20-18(22)14-6-2-3-7-14/h4,9-10,14-15H,2-3,5-8,11-12H2,1H3,(H,20,22). The molecule has 1 aromatic carbocycles. The number of rotatable bonds is 4. The summed E-state index contributed by atoms with van der Waals surface area (Å²) in [4.78, 5) is 12.6. The van der Waals surface area contributed by atoms with Gasteiger partial charge in [0, 0.05) is 30.1 Å². The third-order valence-corrected chi connectivity index (χ3v) is 7.71. The Hall–Kier alpha value is -1.11. The second-order valence-electron chi connectivity index (χ2n) is 7.06. The van der Waals surface area contributed by atoms with E-state index >= 15 is 0 Å². The number of hydrogen-bond donors (Lipinski definition) is 1. The van der Waals surface area contributed by atoms with Crippen molar-refractivity contribution >= 4 is 27.5 Å². The van der Waals surface area contributed by atoms with Gasteiger partial charge in [-0.1, -0.05) is 30.5 Å². The van der Waals surface area contributed by atoms with E-state index in [9.17, 15) is 13.2 Å². The molecule has 5 nitrogen and oxygen atoms in total. The van der Waals surface area contributed by atoms with Crippen molar-refractivity contribution in [2.24, 2.45) is 5.92 Å². The Labute approximate surface area is 154 Å². The zero-order valence-corrected chi connectivity index (χ0v) is 16.1. The third-order valence-electron chi connectivity index (χ3n) is 5.29. The number of nitrogens with one attached hydrogen (secondary N) is 1. The van der Waals surface area contributed by atoms with E-state index in [-0.39, 0.29) is 22.8 Å². The maximum Gasteiger partial charge on any atom is 0.243 e. The molecule has 0 spiro atoms. The maximum absolute atomic E-state index is 13.0. The smallest absolute Gasteiger partial charge is 0.243 e. The summed E-state index contributed by atoms with van der Waals surface area (Å²) in [6, 6.07) is 4.83. The first kappa shape index (κ1) is 18.7. The lowest BCUT2D eigenvalue weighted by molar-refractivity contribution is -0.125. The van der Waals surface area contributed by atoms with E-state index in [2.05, 4.69) is 5.32 Å². The Morgan fingerprint density at radius 1 is 1.20 bits per heavy atom. The van der Waals surface area contributed by atoms with Crippen LogP contribution in [0, 0.1) is 12.8 Å². The molecule has 2 fully saturated rings. The molecule has 1 aliphatic heterocycles. The van der Waals surface area contributed by atoms with E-state index in [1.807, 2.05) is 0 Å². The highest BCUT2D eigenvalue weighted by molar-refractivity contribution is 7.89. The molecule has 7 heteroatoms. The molecule has 0 bridgehead atoms. The van der Waals surface area contributed by atoms with Gasteiger partial charge in [-0.15, -0.1) is 0 Å². The normalized spacial score (nSPS) is 22.9. The summed E-state index contributed by atoms with van der Waals surface area (Å²) in [6.45, 7) is 2.52. The molecule has 3 rings (SSSR count). The minimum atomic E-state index is -3.61. The maximum atomic E-state index is 13.0. The zero-order chi connectivity index (χ0) is 18.0. The van der Waals surface area contributed by atoms with E-state index in [4.69, 9.17) is 11.6 Å². The Balaban J connectivity index is 1.71. The zero-order valence-electron chi connectivity index (χ0n) is 14.5. The molecule has 1 aliphatic carbocycles. The highest BCUT2D eigenvalue weighted by Crippen LogP contribution is 2.28. The number of halogens is 1. The van der Waals surface area contributed by atoms with Crippen LogP contribution in [0.5, 0.6) is 0 Å². The molecule has 1 saturated heterocycles. The van der Waals surface area contributed by atoms with Crippen molar-refractivity contribution in [2.75, 3.05) is 13.1 Å². The first-order valence-electron chi connectivity index (χ1n) is 8.95. The molecular weight excluding hydrogens is 360 g/mol. The van der Waals surface area contributed by atoms with Gasteiger partial charge in [-0.05, 0) is 50.3 Å². The number of sulfonamides is 1. The SMILES string of the molecule is Cc1c(Cl)cccc1S(=O)(=O)N1CCCC(NC(=O)C2CCCC2)C1. The average Bonchev–Trinajstić information content (AvgIpc) is 3.12. The molecule has 1 atom stereocenters. The van der Waals surface area contributed by atoms with Crippen LogP contribution in [0.3, 0.4) is 0 Å². The molecule has 1 N–H and O–H groups in total. The lowest BCUT2D eigenvalue weighted by Crippen LogP contribution is -2.50. The molecule has 1 heterocycles. The molecule has 1 saturated carbocycles. The van der Waals surface area contributed by atoms with Crippen molar-refractivity contribution in [1.29, 1.82) is 0 Å². The fraction of sp³-hybridized carbons (Fsp3) is 0.611. The summed E-state index contributed by atoms with van der Waals surface area (Å²) in [7, 11) is -3.61. The Bertz CT molecular complexity index is 745. The van der Waals surface area contributed by atoms with Gasteiger partial charge in [0.15, 0.2) is 0 Å². The highest BCUT2D eigenvalue weighted by Gasteiger charge is 2.33. The second kappa shape index (κ2) is 7.64. The Kier molecular flexibility index (Phi) is 5.71. The summed E-state index contributed by atoms with van der Waals surface area (Å²) in [5.74, 6) is 0.183. The van der Waals surface area contributed by atoms with Crippen molar-refractivity contribution in [3.8, 4) is 0 Å². The number of piperidine rings is 1. The predicted octanol–water partition coefficient (Wildman–Crippen LogP) is 3.11. The van der Waals surface area contributed by atoms with Crippen LogP contribution in [0.4, 0.5) is 0 Å². The summed E-state index contributed by atoms with van der Waals surface area (Å²) >= 11 is 6.09. The molecule has 1 aromatic rings. The number of benzene rings is 1. The second-order valence-corrected chi connectivity index (χ2v) is 9.37. The first-order valence-corrected chi connectivity index (χ1v) is 10.8. The molecule has 1 unspecified atom stereocenters. The van der Waals surface area contributed by atoms with E-state index < -0.39 is 10.0 Å². The lowest BCUT2D eigenvalue weighted by Gasteiger charge is -2.33. The van der Waals surface area contributed by atoms with Crippen LogP contribution >= 0.6 is 11.6 Å². The van der Waals surface area contributed by atoms with Gasteiger partial charge in [0.2, 0.25) is 15.9 Å². The van der Waals surface area contributed by atoms with Crippen LogP contribution in [-0.2, 0) is 14.8 Å². The van der Waals surface area contributed by atoms with Gasteiger partial charge in [-0.25, -0.2) is 8.42 Å². The van der Waals surface area contributed by atoms with E-state index in [1.165, 1.54) is 4.31 Å². The molecular formula is C18H25ClN2O3S. The fourth-order valence-electron chi connectivity index (χ4n) is 3.79. The molecule has 2 aliphatic rings. The molecule has 0 radical (unpaired) electrons. The lowest BCUT2D eigenvalue weighted by atomic mass is 10.0. The highest BCUT2D eigenvalue weighted by atomic mass is 35.5.